The molecule has 0 amide bonds. The molecule has 1 N–H and O–H groups in total. The van der Waals surface area contributed by atoms with E-state index >= 15 is 0 Å². The van der Waals surface area contributed by atoms with Gasteiger partial charge in [0.2, 0.25) is 0 Å². The van der Waals surface area contributed by atoms with E-state index in [2.05, 4.69) is 30.9 Å². The monoisotopic (exact) mass is 256 g/mol. The molecule has 1 fully saturated rings. The maximum absolute atomic E-state index is 4.87. The van der Waals surface area contributed by atoms with Crippen LogP contribution in [0.25, 0.3) is 0 Å². The lowest BCUT2D eigenvalue weighted by atomic mass is 10.1. The maximum Gasteiger partial charge on any atom is 0.106 e. The van der Waals surface area contributed by atoms with E-state index in [1.54, 1.807) is 0 Å². The van der Waals surface area contributed by atoms with Crippen LogP contribution in [0.2, 0.25) is 0 Å². The average Bonchev–Trinajstić information content (AvgIpc) is 2.83. The highest BCUT2D eigenvalue weighted by atomic mass is 32.2. The zero-order chi connectivity index (χ0) is 11.5. The quantitative estimate of drug-likeness (QED) is 0.891. The molecule has 1 aliphatic heterocycles. The van der Waals surface area contributed by atoms with Gasteiger partial charge in [0.15, 0.2) is 0 Å². The number of thiazole rings is 1. The Morgan fingerprint density at radius 3 is 2.88 bits per heavy atom. The summed E-state index contributed by atoms with van der Waals surface area (Å²) in [5, 5.41) is 5.28. The molecule has 1 aromatic heterocycles. The van der Waals surface area contributed by atoms with Crippen molar-refractivity contribution in [3.8, 4) is 0 Å². The predicted molar refractivity (Wildman–Crippen MR) is 73.4 cm³/mol. The van der Waals surface area contributed by atoms with Crippen molar-refractivity contribution in [1.29, 1.82) is 0 Å². The predicted octanol–water partition coefficient (Wildman–Crippen LogP) is 3.55. The Labute approximate surface area is 106 Å². The summed E-state index contributed by atoms with van der Waals surface area (Å²) in [5.41, 5.74) is 1.31. The molecule has 90 valence electrons. The van der Waals surface area contributed by atoms with Crippen LogP contribution in [0.4, 0.5) is 0 Å². The molecular formula is C12H20N2S2. The Hall–Kier alpha value is -0.0600. The lowest BCUT2D eigenvalue weighted by Gasteiger charge is -2.04. The lowest BCUT2D eigenvalue weighted by Crippen LogP contribution is -2.06. The first kappa shape index (κ1) is 12.4. The second kappa shape index (κ2) is 5.52. The molecule has 1 aliphatic rings. The van der Waals surface area contributed by atoms with Gasteiger partial charge in [-0.1, -0.05) is 13.8 Å². The molecule has 0 aliphatic carbocycles. The topological polar surface area (TPSA) is 24.9 Å². The fourth-order valence-corrected chi connectivity index (χ4v) is 4.77. The number of aromatic nitrogens is 1. The highest BCUT2D eigenvalue weighted by molar-refractivity contribution is 7.99. The summed E-state index contributed by atoms with van der Waals surface area (Å²) in [7, 11) is 2.01. The van der Waals surface area contributed by atoms with Crippen molar-refractivity contribution in [2.75, 3.05) is 12.8 Å². The summed E-state index contributed by atoms with van der Waals surface area (Å²) in [4.78, 5) is 6.30. The number of hydrogen-bond donors (Lipinski definition) is 1. The number of thioether (sulfide) groups is 1. The van der Waals surface area contributed by atoms with Gasteiger partial charge in [-0.05, 0) is 31.6 Å². The van der Waals surface area contributed by atoms with Gasteiger partial charge in [-0.3, -0.25) is 0 Å². The zero-order valence-electron chi connectivity index (χ0n) is 10.2. The van der Waals surface area contributed by atoms with Gasteiger partial charge in [0.05, 0.1) is 10.9 Å². The second-order valence-electron chi connectivity index (χ2n) is 4.55. The molecule has 2 nitrogen and oxygen atoms in total. The van der Waals surface area contributed by atoms with Crippen molar-refractivity contribution in [2.45, 2.75) is 44.4 Å². The van der Waals surface area contributed by atoms with Crippen LogP contribution < -0.4 is 5.32 Å². The van der Waals surface area contributed by atoms with Gasteiger partial charge in [-0.25, -0.2) is 4.98 Å². The van der Waals surface area contributed by atoms with E-state index < -0.39 is 0 Å². The minimum Gasteiger partial charge on any atom is -0.315 e. The third kappa shape index (κ3) is 2.60. The standard InChI is InChI=1S/C12H20N2S2/c1-8(2)11-10(7-13-3)16-12(14-11)9-5-4-6-15-9/h8-9,13H,4-7H2,1-3H3. The van der Waals surface area contributed by atoms with Crippen LogP contribution in [0.1, 0.15) is 53.4 Å². The Balaban J connectivity index is 2.22. The number of nitrogens with zero attached hydrogens (tertiary/aromatic N) is 1. The third-order valence-corrected chi connectivity index (χ3v) is 5.55. The SMILES string of the molecule is CNCc1sc(C2CCCS2)nc1C(C)C. The molecule has 1 aromatic rings. The van der Waals surface area contributed by atoms with Crippen molar-refractivity contribution >= 4 is 23.1 Å². The molecule has 1 atom stereocenters. The van der Waals surface area contributed by atoms with Crippen molar-refractivity contribution in [2.24, 2.45) is 0 Å². The van der Waals surface area contributed by atoms with E-state index in [1.807, 2.05) is 18.4 Å². The molecular weight excluding hydrogens is 236 g/mol. The maximum atomic E-state index is 4.87. The Bertz CT molecular complexity index is 341. The van der Waals surface area contributed by atoms with Gasteiger partial charge in [0.1, 0.15) is 5.01 Å². The fraction of sp³-hybridized carbons (Fsp3) is 0.750. The first-order valence-corrected chi connectivity index (χ1v) is 7.84. The van der Waals surface area contributed by atoms with Gasteiger partial charge in [0, 0.05) is 11.4 Å². The normalized spacial score (nSPS) is 20.9. The number of hydrogen-bond acceptors (Lipinski definition) is 4. The minimum atomic E-state index is 0.541. The molecule has 0 saturated carbocycles. The van der Waals surface area contributed by atoms with E-state index in [0.717, 1.165) is 6.54 Å². The minimum absolute atomic E-state index is 0.541. The van der Waals surface area contributed by atoms with Gasteiger partial charge < -0.3 is 5.32 Å². The van der Waals surface area contributed by atoms with E-state index in [-0.39, 0.29) is 0 Å². The molecule has 0 radical (unpaired) electrons. The molecule has 0 bridgehead atoms. The Morgan fingerprint density at radius 1 is 1.50 bits per heavy atom. The molecule has 0 spiro atoms. The third-order valence-electron chi connectivity index (χ3n) is 2.83. The van der Waals surface area contributed by atoms with Gasteiger partial charge in [-0.15, -0.1) is 11.3 Å². The van der Waals surface area contributed by atoms with Crippen molar-refractivity contribution in [3.05, 3.63) is 15.6 Å². The van der Waals surface area contributed by atoms with Crippen LogP contribution in [0.15, 0.2) is 0 Å². The zero-order valence-corrected chi connectivity index (χ0v) is 11.9. The molecule has 16 heavy (non-hydrogen) atoms. The van der Waals surface area contributed by atoms with E-state index in [1.165, 1.54) is 34.2 Å². The molecule has 4 heteroatoms. The number of rotatable bonds is 4. The van der Waals surface area contributed by atoms with E-state index in [9.17, 15) is 0 Å². The van der Waals surface area contributed by atoms with E-state index in [0.29, 0.717) is 11.2 Å². The summed E-state index contributed by atoms with van der Waals surface area (Å²) in [6.45, 7) is 5.43. The van der Waals surface area contributed by atoms with Crippen molar-refractivity contribution < 1.29 is 0 Å². The summed E-state index contributed by atoms with van der Waals surface area (Å²) < 4.78 is 0. The molecule has 2 heterocycles. The van der Waals surface area contributed by atoms with Crippen molar-refractivity contribution in [1.82, 2.24) is 10.3 Å². The van der Waals surface area contributed by atoms with Crippen LogP contribution >= 0.6 is 23.1 Å². The smallest absolute Gasteiger partial charge is 0.106 e. The fourth-order valence-electron chi connectivity index (χ4n) is 2.03. The highest BCUT2D eigenvalue weighted by Crippen LogP contribution is 2.42. The Morgan fingerprint density at radius 2 is 2.31 bits per heavy atom. The first-order valence-electron chi connectivity index (χ1n) is 5.98. The Kier molecular flexibility index (Phi) is 4.27. The first-order chi connectivity index (χ1) is 7.72. The van der Waals surface area contributed by atoms with Gasteiger partial charge in [-0.2, -0.15) is 11.8 Å². The highest BCUT2D eigenvalue weighted by Gasteiger charge is 2.23. The largest absolute Gasteiger partial charge is 0.315 e. The van der Waals surface area contributed by atoms with Crippen LogP contribution in [-0.4, -0.2) is 17.8 Å². The molecule has 1 unspecified atom stereocenters. The summed E-state index contributed by atoms with van der Waals surface area (Å²) in [5.74, 6) is 1.85. The van der Waals surface area contributed by atoms with Crippen LogP contribution in [-0.2, 0) is 6.54 Å². The molecule has 1 saturated heterocycles. The molecule has 2 rings (SSSR count). The van der Waals surface area contributed by atoms with Crippen LogP contribution in [0.3, 0.4) is 0 Å². The van der Waals surface area contributed by atoms with Gasteiger partial charge in [0.25, 0.3) is 0 Å². The van der Waals surface area contributed by atoms with Crippen LogP contribution in [0.5, 0.6) is 0 Å². The van der Waals surface area contributed by atoms with Gasteiger partial charge >= 0.3 is 0 Å². The lowest BCUT2D eigenvalue weighted by molar-refractivity contribution is 0.759. The summed E-state index contributed by atoms with van der Waals surface area (Å²) in [6.07, 6.45) is 2.67. The average molecular weight is 256 g/mol. The second-order valence-corrected chi connectivity index (χ2v) is 6.97. The molecule has 0 aromatic carbocycles. The number of nitrogens with one attached hydrogen (secondary N) is 1. The van der Waals surface area contributed by atoms with Crippen LogP contribution in [0, 0.1) is 0 Å². The summed E-state index contributed by atoms with van der Waals surface area (Å²) in [6, 6.07) is 0. The summed E-state index contributed by atoms with van der Waals surface area (Å²) >= 11 is 3.99. The van der Waals surface area contributed by atoms with E-state index in [4.69, 9.17) is 4.98 Å². The van der Waals surface area contributed by atoms with Crippen molar-refractivity contribution in [3.63, 3.8) is 0 Å².